The van der Waals surface area contributed by atoms with Crippen LogP contribution >= 0.6 is 70.6 Å². The molecule has 0 amide bonds. The molecule has 0 spiro atoms. The lowest BCUT2D eigenvalue weighted by atomic mass is 10.2. The van der Waals surface area contributed by atoms with E-state index in [1.54, 1.807) is 41.5 Å². The van der Waals surface area contributed by atoms with E-state index in [1.807, 2.05) is 0 Å². The largest absolute Gasteiger partial charge is 0.304 e. The summed E-state index contributed by atoms with van der Waals surface area (Å²) >= 11 is 6.85. The van der Waals surface area contributed by atoms with E-state index in [0.29, 0.717) is 23.4 Å². The minimum absolute atomic E-state index is 0.193. The summed E-state index contributed by atoms with van der Waals surface area (Å²) in [5.74, 6) is 2.20. The van der Waals surface area contributed by atoms with Gasteiger partial charge >= 0.3 is 10.5 Å². The quantitative estimate of drug-likeness (QED) is 0.205. The van der Waals surface area contributed by atoms with Crippen molar-refractivity contribution in [3.05, 3.63) is 0 Å². The van der Waals surface area contributed by atoms with E-state index >= 15 is 0 Å². The Kier molecular flexibility index (Phi) is 15.0. The van der Waals surface area contributed by atoms with E-state index in [0.717, 1.165) is 29.0 Å². The van der Waals surface area contributed by atoms with Crippen LogP contribution in [0, 0.1) is 11.8 Å². The Hall–Kier alpha value is 1.82. The summed E-state index contributed by atoms with van der Waals surface area (Å²) in [6, 6.07) is 0. The Morgan fingerprint density at radius 1 is 0.708 bits per heavy atom. The van der Waals surface area contributed by atoms with Crippen molar-refractivity contribution in [3.8, 4) is 0 Å². The molecule has 0 bridgehead atoms. The number of thioether (sulfide) groups is 6. The van der Waals surface area contributed by atoms with Crippen molar-refractivity contribution in [2.75, 3.05) is 59.5 Å². The number of alkyl halides is 4. The van der Waals surface area contributed by atoms with E-state index in [-0.39, 0.29) is 23.3 Å². The minimum atomic E-state index is -3.41. The van der Waals surface area contributed by atoms with Gasteiger partial charge in [-0.05, 0) is 48.2 Å². The van der Waals surface area contributed by atoms with Crippen molar-refractivity contribution >= 4 is 70.6 Å². The van der Waals surface area contributed by atoms with Crippen molar-refractivity contribution in [2.24, 2.45) is 11.8 Å². The molecule has 0 heterocycles. The van der Waals surface area contributed by atoms with Crippen LogP contribution < -0.4 is 0 Å². The third kappa shape index (κ3) is 10.2. The average Bonchev–Trinajstić information content (AvgIpc) is 2.52. The normalized spacial score (nSPS) is 14.4. The maximum absolute atomic E-state index is 14.2. The van der Waals surface area contributed by atoms with Crippen LogP contribution in [0.15, 0.2) is 0 Å². The van der Waals surface area contributed by atoms with Crippen LogP contribution in [0.2, 0.25) is 0 Å². The lowest BCUT2D eigenvalue weighted by Crippen LogP contribution is -2.40. The van der Waals surface area contributed by atoms with Crippen LogP contribution in [0.3, 0.4) is 0 Å². The lowest BCUT2D eigenvalue weighted by molar-refractivity contribution is -0.0591. The highest BCUT2D eigenvalue weighted by Crippen LogP contribution is 2.49. The first-order valence-corrected chi connectivity index (χ1v) is 14.8. The van der Waals surface area contributed by atoms with Gasteiger partial charge in [-0.15, -0.1) is 0 Å². The molecule has 0 saturated heterocycles. The fourth-order valence-electron chi connectivity index (χ4n) is 1.90. The molecule has 0 aromatic rings. The molecule has 0 fully saturated rings. The van der Waals surface area contributed by atoms with Gasteiger partial charge in [0.2, 0.25) is 0 Å². The van der Waals surface area contributed by atoms with Crippen LogP contribution in [0.5, 0.6) is 0 Å². The Bertz CT molecular complexity index is 314. The molecule has 0 radical (unpaired) electrons. The standard InChI is InChI=1S/C14H26F4S6/c1-19-7-11(8-20-2)9-23-5-6-24-14(17,18)12(10-21-3)13(15,16)22-4/h11-12H,5-10H2,1-4H3. The molecule has 1 unspecified atom stereocenters. The van der Waals surface area contributed by atoms with E-state index in [2.05, 4.69) is 12.5 Å². The summed E-state index contributed by atoms with van der Waals surface area (Å²) in [5, 5.41) is -6.82. The predicted molar refractivity (Wildman–Crippen MR) is 115 cm³/mol. The van der Waals surface area contributed by atoms with Gasteiger partial charge in [-0.3, -0.25) is 0 Å². The van der Waals surface area contributed by atoms with Crippen molar-refractivity contribution in [3.63, 3.8) is 0 Å². The maximum atomic E-state index is 14.2. The molecule has 0 rings (SSSR count). The summed E-state index contributed by atoms with van der Waals surface area (Å²) in [6.45, 7) is 0. The fraction of sp³-hybridized carbons (Fsp3) is 1.00. The highest BCUT2D eigenvalue weighted by atomic mass is 32.2. The second-order valence-electron chi connectivity index (χ2n) is 5.04. The molecule has 24 heavy (non-hydrogen) atoms. The zero-order valence-corrected chi connectivity index (χ0v) is 19.3. The van der Waals surface area contributed by atoms with E-state index < -0.39 is 16.4 Å². The molecule has 1 atom stereocenters. The van der Waals surface area contributed by atoms with Crippen LogP contribution in [0.25, 0.3) is 0 Å². The third-order valence-corrected chi connectivity index (χ3v) is 8.74. The molecule has 10 heteroatoms. The monoisotopic (exact) mass is 462 g/mol. The van der Waals surface area contributed by atoms with Gasteiger partial charge in [-0.25, -0.2) is 0 Å². The highest BCUT2D eigenvalue weighted by Gasteiger charge is 2.54. The zero-order chi connectivity index (χ0) is 18.6. The highest BCUT2D eigenvalue weighted by molar-refractivity contribution is 8.04. The predicted octanol–water partition coefficient (Wildman–Crippen LogP) is 6.32. The molecule has 0 aromatic carbocycles. The van der Waals surface area contributed by atoms with E-state index in [9.17, 15) is 17.6 Å². The molecule has 0 aliphatic heterocycles. The molecule has 0 saturated carbocycles. The van der Waals surface area contributed by atoms with Crippen LogP contribution in [0.1, 0.15) is 0 Å². The molecular weight excluding hydrogens is 437 g/mol. The smallest absolute Gasteiger partial charge is 0.194 e. The second kappa shape index (κ2) is 13.9. The molecular formula is C14H26F4S6. The maximum Gasteiger partial charge on any atom is 0.304 e. The molecule has 0 aliphatic carbocycles. The van der Waals surface area contributed by atoms with Gasteiger partial charge in [-0.1, -0.05) is 23.5 Å². The van der Waals surface area contributed by atoms with E-state index in [4.69, 9.17) is 0 Å². The first-order chi connectivity index (χ1) is 11.2. The Morgan fingerprint density at radius 3 is 1.71 bits per heavy atom. The zero-order valence-electron chi connectivity index (χ0n) is 14.4. The summed E-state index contributed by atoms with van der Waals surface area (Å²) in [4.78, 5) is 0. The number of hydrogen-bond donors (Lipinski definition) is 0. The van der Waals surface area contributed by atoms with Gasteiger partial charge in [0.15, 0.2) is 0 Å². The van der Waals surface area contributed by atoms with Gasteiger partial charge in [0.25, 0.3) is 0 Å². The first-order valence-electron chi connectivity index (χ1n) is 7.24. The topological polar surface area (TPSA) is 0 Å². The van der Waals surface area contributed by atoms with Crippen LogP contribution in [-0.2, 0) is 0 Å². The second-order valence-corrected chi connectivity index (χ2v) is 11.1. The molecule has 146 valence electrons. The van der Waals surface area contributed by atoms with Crippen molar-refractivity contribution in [2.45, 2.75) is 10.5 Å². The molecule has 0 N–H and O–H groups in total. The summed E-state index contributed by atoms with van der Waals surface area (Å²) in [5.41, 5.74) is 0. The van der Waals surface area contributed by atoms with Gasteiger partial charge < -0.3 is 0 Å². The van der Waals surface area contributed by atoms with Crippen LogP contribution in [-0.4, -0.2) is 70.0 Å². The summed E-state index contributed by atoms with van der Waals surface area (Å²) < 4.78 is 56.0. The van der Waals surface area contributed by atoms with Gasteiger partial charge in [0.05, 0.1) is 0 Å². The average molecular weight is 463 g/mol. The minimum Gasteiger partial charge on any atom is -0.194 e. The van der Waals surface area contributed by atoms with Gasteiger partial charge in [0.1, 0.15) is 5.92 Å². The Labute approximate surface area is 169 Å². The molecule has 0 aliphatic rings. The van der Waals surface area contributed by atoms with Gasteiger partial charge in [-0.2, -0.15) is 64.6 Å². The number of halogens is 4. The van der Waals surface area contributed by atoms with Crippen molar-refractivity contribution in [1.82, 2.24) is 0 Å². The summed E-state index contributed by atoms with van der Waals surface area (Å²) in [7, 11) is 0. The van der Waals surface area contributed by atoms with Gasteiger partial charge in [0, 0.05) is 17.3 Å². The van der Waals surface area contributed by atoms with Crippen LogP contribution in [0.4, 0.5) is 17.6 Å². The third-order valence-electron chi connectivity index (χ3n) is 3.10. The lowest BCUT2D eigenvalue weighted by Gasteiger charge is -2.31. The van der Waals surface area contributed by atoms with Crippen molar-refractivity contribution in [1.29, 1.82) is 0 Å². The summed E-state index contributed by atoms with van der Waals surface area (Å²) in [6.07, 6.45) is 6.89. The Balaban J connectivity index is 4.34. The molecule has 0 nitrogen and oxygen atoms in total. The molecule has 0 aromatic heterocycles. The first kappa shape index (κ1) is 25.8. The SMILES string of the molecule is CSCC(CSC)CSCCSC(F)(F)C(CSC)C(F)(F)SC. The van der Waals surface area contributed by atoms with Crippen molar-refractivity contribution < 1.29 is 17.6 Å². The Morgan fingerprint density at radius 2 is 1.25 bits per heavy atom. The number of rotatable bonds is 15. The van der Waals surface area contributed by atoms with E-state index in [1.165, 1.54) is 6.26 Å². The number of hydrogen-bond acceptors (Lipinski definition) is 6. The fourth-order valence-corrected chi connectivity index (χ4v) is 7.56.